The monoisotopic (exact) mass is 787 g/mol. The van der Waals surface area contributed by atoms with Gasteiger partial charge in [0.25, 0.3) is 0 Å². The van der Waals surface area contributed by atoms with Gasteiger partial charge in [-0.05, 0) is 25.7 Å². The van der Waals surface area contributed by atoms with E-state index in [-0.39, 0.29) is 38.8 Å². The van der Waals surface area contributed by atoms with Crippen molar-refractivity contribution in [2.75, 3.05) is 26.4 Å². The molecular weight excluding hydrogens is 713 g/mol. The van der Waals surface area contributed by atoms with Crippen LogP contribution in [0, 0.1) is 0 Å². The van der Waals surface area contributed by atoms with Crippen molar-refractivity contribution >= 4 is 19.8 Å². The second kappa shape index (κ2) is 36.5. The quantitative estimate of drug-likeness (QED) is 0.0176. The Balaban J connectivity index is 4.53. The number of phosphoric acid groups is 1. The summed E-state index contributed by atoms with van der Waals surface area (Å²) in [6, 6.07) is 0. The summed E-state index contributed by atoms with van der Waals surface area (Å²) in [4.78, 5) is 34.8. The zero-order chi connectivity index (χ0) is 40.1. The van der Waals surface area contributed by atoms with E-state index in [0.717, 1.165) is 44.9 Å². The number of allylic oxidation sites excluding steroid dienone is 6. The number of hydrogen-bond donors (Lipinski definition) is 5. The van der Waals surface area contributed by atoms with Crippen molar-refractivity contribution in [3.8, 4) is 0 Å². The van der Waals surface area contributed by atoms with Gasteiger partial charge in [0, 0.05) is 19.4 Å². The molecule has 0 spiro atoms. The minimum atomic E-state index is -4.46. The Hall–Kier alpha value is -2.15. The maximum absolute atomic E-state index is 12.5. The van der Waals surface area contributed by atoms with Crippen LogP contribution in [0.2, 0.25) is 0 Å². The molecule has 0 aromatic rings. The minimum Gasteiger partial charge on any atom is -0.462 e. The predicted molar refractivity (Wildman–Crippen MR) is 215 cm³/mol. The Morgan fingerprint density at radius 1 is 0.630 bits per heavy atom. The van der Waals surface area contributed by atoms with E-state index in [1.165, 1.54) is 63.9 Å². The van der Waals surface area contributed by atoms with Crippen LogP contribution < -0.4 is 5.73 Å². The zero-order valence-corrected chi connectivity index (χ0v) is 34.2. The molecule has 6 N–H and O–H groups in total. The summed E-state index contributed by atoms with van der Waals surface area (Å²) in [6.45, 7) is 3.21. The number of ether oxygens (including phenoxy) is 2. The Labute approximate surface area is 325 Å². The SMILES string of the molecule is CCCCCCCCCCCCCCCC(=O)O[C@H](COC(=O)CCC[C@@H](O)[C@H](O)/C=C/C=C/C=C\C=C\[C@H](O)CCCCC)COP(=O)(O)OCCN. The molecule has 314 valence electrons. The van der Waals surface area contributed by atoms with Crippen molar-refractivity contribution in [2.45, 2.75) is 173 Å². The molecule has 0 aliphatic heterocycles. The van der Waals surface area contributed by atoms with E-state index in [2.05, 4.69) is 13.8 Å². The molecule has 0 saturated carbocycles. The lowest BCUT2D eigenvalue weighted by Gasteiger charge is -2.20. The summed E-state index contributed by atoms with van der Waals surface area (Å²) in [5, 5.41) is 30.4. The highest BCUT2D eigenvalue weighted by atomic mass is 31.2. The van der Waals surface area contributed by atoms with Gasteiger partial charge in [-0.15, -0.1) is 0 Å². The molecular formula is C41H74NO11P. The first-order valence-corrected chi connectivity index (χ1v) is 21.9. The van der Waals surface area contributed by atoms with E-state index < -0.39 is 57.4 Å². The summed E-state index contributed by atoms with van der Waals surface area (Å²) < 4.78 is 32.5. The maximum Gasteiger partial charge on any atom is 0.472 e. The molecule has 0 aliphatic rings. The smallest absolute Gasteiger partial charge is 0.462 e. The van der Waals surface area contributed by atoms with Gasteiger partial charge in [0.05, 0.1) is 31.5 Å². The van der Waals surface area contributed by atoms with E-state index in [0.29, 0.717) is 6.42 Å². The van der Waals surface area contributed by atoms with Crippen molar-refractivity contribution in [3.05, 3.63) is 48.6 Å². The lowest BCUT2D eigenvalue weighted by atomic mass is 10.0. The van der Waals surface area contributed by atoms with Crippen LogP contribution in [0.3, 0.4) is 0 Å². The standard InChI is InChI=1S/C41H74NO11P/c1-3-5-7-8-9-10-11-12-13-14-15-20-24-30-41(47)53-37(35-52-54(48,49)51-33-32-42)34-50-40(46)31-25-29-39(45)38(44)28-23-19-17-16-18-22-27-36(43)26-21-6-4-2/h16-19,22-23,27-28,36-39,43-45H,3-15,20-21,24-26,29-35,42H2,1-2H3,(H,48,49)/b18-16-,19-17+,27-22+,28-23+/t36-,37-,38-,39-/m1/s1. The third kappa shape index (κ3) is 34.3. The van der Waals surface area contributed by atoms with E-state index in [4.69, 9.17) is 24.3 Å². The fourth-order valence-corrected chi connectivity index (χ4v) is 6.14. The molecule has 0 aromatic carbocycles. The molecule has 54 heavy (non-hydrogen) atoms. The Kier molecular flexibility index (Phi) is 35.0. The lowest BCUT2D eigenvalue weighted by molar-refractivity contribution is -0.161. The number of hydrogen-bond acceptors (Lipinski definition) is 11. The largest absolute Gasteiger partial charge is 0.472 e. The summed E-state index contributed by atoms with van der Waals surface area (Å²) in [5.74, 6) is -1.16. The number of unbranched alkanes of at least 4 members (excludes halogenated alkanes) is 14. The van der Waals surface area contributed by atoms with Crippen LogP contribution in [0.1, 0.15) is 149 Å². The molecule has 0 amide bonds. The molecule has 0 heterocycles. The second-order valence-electron chi connectivity index (χ2n) is 13.7. The minimum absolute atomic E-state index is 0.00413. The Bertz CT molecular complexity index is 1080. The summed E-state index contributed by atoms with van der Waals surface area (Å²) in [5.41, 5.74) is 5.32. The van der Waals surface area contributed by atoms with Crippen LogP contribution in [-0.4, -0.2) is 82.9 Å². The number of esters is 2. The molecule has 0 bridgehead atoms. The van der Waals surface area contributed by atoms with Gasteiger partial charge in [-0.25, -0.2) is 4.57 Å². The molecule has 5 atom stereocenters. The molecule has 0 fully saturated rings. The summed E-state index contributed by atoms with van der Waals surface area (Å²) in [7, 11) is -4.46. The lowest BCUT2D eigenvalue weighted by Crippen LogP contribution is -2.30. The normalized spacial score (nSPS) is 15.6. The first-order valence-electron chi connectivity index (χ1n) is 20.4. The zero-order valence-electron chi connectivity index (χ0n) is 33.3. The number of nitrogens with two attached hydrogens (primary N) is 1. The molecule has 0 radical (unpaired) electrons. The molecule has 0 rings (SSSR count). The van der Waals surface area contributed by atoms with Crippen LogP contribution in [0.4, 0.5) is 0 Å². The number of carbonyl (C=O) groups excluding carboxylic acids is 2. The highest BCUT2D eigenvalue weighted by molar-refractivity contribution is 7.47. The number of carbonyl (C=O) groups is 2. The molecule has 12 nitrogen and oxygen atoms in total. The van der Waals surface area contributed by atoms with Gasteiger partial charge in [-0.2, -0.15) is 0 Å². The van der Waals surface area contributed by atoms with Gasteiger partial charge >= 0.3 is 19.8 Å². The first kappa shape index (κ1) is 51.9. The molecule has 0 aromatic heterocycles. The Morgan fingerprint density at radius 2 is 1.15 bits per heavy atom. The van der Waals surface area contributed by atoms with Crippen molar-refractivity contribution in [2.24, 2.45) is 5.73 Å². The molecule has 0 aliphatic carbocycles. The van der Waals surface area contributed by atoms with Gasteiger partial charge in [0.15, 0.2) is 6.10 Å². The van der Waals surface area contributed by atoms with Gasteiger partial charge < -0.3 is 35.4 Å². The van der Waals surface area contributed by atoms with Gasteiger partial charge in [0.1, 0.15) is 6.61 Å². The number of aliphatic hydroxyl groups excluding tert-OH is 3. The van der Waals surface area contributed by atoms with Crippen LogP contribution in [-0.2, 0) is 32.7 Å². The molecule has 1 unspecified atom stereocenters. The highest BCUT2D eigenvalue weighted by Gasteiger charge is 2.26. The average molecular weight is 788 g/mol. The van der Waals surface area contributed by atoms with Crippen molar-refractivity contribution in [1.82, 2.24) is 0 Å². The van der Waals surface area contributed by atoms with Crippen LogP contribution in [0.15, 0.2) is 48.6 Å². The molecule has 0 saturated heterocycles. The van der Waals surface area contributed by atoms with Gasteiger partial charge in [-0.1, -0.05) is 159 Å². The second-order valence-corrected chi connectivity index (χ2v) is 15.2. The van der Waals surface area contributed by atoms with E-state index in [1.54, 1.807) is 42.5 Å². The van der Waals surface area contributed by atoms with Crippen LogP contribution in [0.5, 0.6) is 0 Å². The van der Waals surface area contributed by atoms with Crippen LogP contribution >= 0.6 is 7.82 Å². The van der Waals surface area contributed by atoms with E-state index >= 15 is 0 Å². The number of phosphoric ester groups is 1. The van der Waals surface area contributed by atoms with Gasteiger partial charge in [0.2, 0.25) is 0 Å². The number of aliphatic hydroxyl groups is 3. The van der Waals surface area contributed by atoms with Gasteiger partial charge in [-0.3, -0.25) is 18.6 Å². The van der Waals surface area contributed by atoms with Crippen LogP contribution in [0.25, 0.3) is 0 Å². The maximum atomic E-state index is 12.5. The molecule has 13 heteroatoms. The Morgan fingerprint density at radius 3 is 1.74 bits per heavy atom. The average Bonchev–Trinajstić information content (AvgIpc) is 3.14. The van der Waals surface area contributed by atoms with E-state index in [1.807, 2.05) is 0 Å². The first-order chi connectivity index (χ1) is 26.0. The fourth-order valence-electron chi connectivity index (χ4n) is 5.37. The fraction of sp³-hybridized carbons (Fsp3) is 0.756. The topological polar surface area (TPSA) is 195 Å². The highest BCUT2D eigenvalue weighted by Crippen LogP contribution is 2.43. The van der Waals surface area contributed by atoms with Crippen molar-refractivity contribution < 1.29 is 52.9 Å². The third-order valence-electron chi connectivity index (χ3n) is 8.58. The van der Waals surface area contributed by atoms with Crippen molar-refractivity contribution in [1.29, 1.82) is 0 Å². The summed E-state index contributed by atoms with van der Waals surface area (Å²) >= 11 is 0. The predicted octanol–water partition coefficient (Wildman–Crippen LogP) is 8.07. The third-order valence-corrected chi connectivity index (χ3v) is 9.57. The number of rotatable bonds is 37. The van der Waals surface area contributed by atoms with E-state index in [9.17, 15) is 34.4 Å². The summed E-state index contributed by atoms with van der Waals surface area (Å²) in [6.07, 6.45) is 29.4. The van der Waals surface area contributed by atoms with Crippen molar-refractivity contribution in [3.63, 3.8) is 0 Å².